The highest BCUT2D eigenvalue weighted by Crippen LogP contribution is 2.16. The summed E-state index contributed by atoms with van der Waals surface area (Å²) in [5, 5.41) is 0. The Hall–Kier alpha value is -0.300. The minimum Gasteiger partial charge on any atom is -0.297 e. The van der Waals surface area contributed by atoms with Crippen molar-refractivity contribution < 1.29 is 0 Å². The molecule has 0 aromatic rings. The van der Waals surface area contributed by atoms with E-state index in [2.05, 4.69) is 30.9 Å². The Labute approximate surface area is 76.5 Å². The monoisotopic (exact) mass is 167 g/mol. The van der Waals surface area contributed by atoms with Crippen LogP contribution in [0.4, 0.5) is 0 Å². The molecule has 0 amide bonds. The molecule has 1 rings (SSSR count). The van der Waals surface area contributed by atoms with E-state index in [4.69, 9.17) is 0 Å². The number of allylic oxidation sites excluding steroid dienone is 1. The largest absolute Gasteiger partial charge is 0.297 e. The lowest BCUT2D eigenvalue weighted by molar-refractivity contribution is 0.270. The van der Waals surface area contributed by atoms with E-state index >= 15 is 0 Å². The Bertz CT molecular complexity index is 134. The highest BCUT2D eigenvalue weighted by Gasteiger charge is 2.18. The van der Waals surface area contributed by atoms with Gasteiger partial charge in [-0.15, -0.1) is 0 Å². The average molecular weight is 167 g/mol. The van der Waals surface area contributed by atoms with Gasteiger partial charge in [0.05, 0.1) is 0 Å². The lowest BCUT2D eigenvalue weighted by Crippen LogP contribution is -2.30. The van der Waals surface area contributed by atoms with Crippen molar-refractivity contribution in [2.24, 2.45) is 0 Å². The van der Waals surface area contributed by atoms with Gasteiger partial charge in [-0.1, -0.05) is 25.5 Å². The summed E-state index contributed by atoms with van der Waals surface area (Å²) in [7, 11) is 0. The summed E-state index contributed by atoms with van der Waals surface area (Å²) in [5.74, 6) is 0. The number of rotatable bonds is 4. The van der Waals surface area contributed by atoms with Crippen LogP contribution in [-0.2, 0) is 0 Å². The zero-order valence-electron chi connectivity index (χ0n) is 8.42. The fourth-order valence-corrected chi connectivity index (χ4v) is 1.99. The van der Waals surface area contributed by atoms with Crippen LogP contribution in [0, 0.1) is 0 Å². The van der Waals surface area contributed by atoms with Gasteiger partial charge < -0.3 is 0 Å². The Morgan fingerprint density at radius 3 is 2.50 bits per heavy atom. The third-order valence-electron chi connectivity index (χ3n) is 2.61. The van der Waals surface area contributed by atoms with Crippen LogP contribution in [0.25, 0.3) is 0 Å². The fraction of sp³-hybridized carbons (Fsp3) is 0.818. The molecular weight excluding hydrogens is 146 g/mol. The van der Waals surface area contributed by atoms with Gasteiger partial charge in [-0.25, -0.2) is 0 Å². The van der Waals surface area contributed by atoms with E-state index in [1.807, 2.05) is 0 Å². The van der Waals surface area contributed by atoms with Crippen molar-refractivity contribution in [3.05, 3.63) is 12.2 Å². The van der Waals surface area contributed by atoms with Crippen molar-refractivity contribution in [2.45, 2.75) is 45.6 Å². The van der Waals surface area contributed by atoms with Crippen LogP contribution in [0.1, 0.15) is 39.5 Å². The zero-order valence-corrected chi connectivity index (χ0v) is 8.42. The number of hydrogen-bond acceptors (Lipinski definition) is 1. The first-order valence-corrected chi connectivity index (χ1v) is 5.25. The maximum absolute atomic E-state index is 2.61. The first-order chi connectivity index (χ1) is 5.88. The number of likely N-dealkylation sites (tertiary alicyclic amines) is 1. The number of hydrogen-bond donors (Lipinski definition) is 0. The molecule has 1 nitrogen and oxygen atoms in total. The van der Waals surface area contributed by atoms with Gasteiger partial charge in [-0.05, 0) is 39.3 Å². The van der Waals surface area contributed by atoms with E-state index in [0.29, 0.717) is 0 Å². The summed E-state index contributed by atoms with van der Waals surface area (Å²) in [6.07, 6.45) is 9.97. The van der Waals surface area contributed by atoms with Crippen molar-refractivity contribution in [1.29, 1.82) is 0 Å². The third kappa shape index (κ3) is 2.63. The molecule has 1 fully saturated rings. The van der Waals surface area contributed by atoms with Gasteiger partial charge in [0.25, 0.3) is 0 Å². The van der Waals surface area contributed by atoms with Crippen molar-refractivity contribution in [2.75, 3.05) is 13.1 Å². The second-order valence-electron chi connectivity index (χ2n) is 3.62. The van der Waals surface area contributed by atoms with Crippen molar-refractivity contribution in [3.8, 4) is 0 Å². The van der Waals surface area contributed by atoms with E-state index in [1.54, 1.807) is 0 Å². The predicted octanol–water partition coefficient (Wildman–Crippen LogP) is 2.83. The lowest BCUT2D eigenvalue weighted by atomic mass is 10.1. The van der Waals surface area contributed by atoms with Crippen LogP contribution < -0.4 is 0 Å². The van der Waals surface area contributed by atoms with Gasteiger partial charge >= 0.3 is 0 Å². The molecule has 1 saturated heterocycles. The highest BCUT2D eigenvalue weighted by molar-refractivity contribution is 4.93. The SMILES string of the molecule is C/C=C/C(CCC)N1CCCC1. The number of nitrogens with zero attached hydrogens (tertiary/aromatic N) is 1. The molecule has 0 bridgehead atoms. The molecular formula is C11H21N. The van der Waals surface area contributed by atoms with E-state index in [-0.39, 0.29) is 0 Å². The molecule has 1 heterocycles. The second kappa shape index (κ2) is 5.36. The standard InChI is InChI=1S/C11H21N/c1-3-7-11(8-4-2)12-9-5-6-10-12/h3,7,11H,4-6,8-10H2,1-2H3/b7-3+. The van der Waals surface area contributed by atoms with Crippen LogP contribution >= 0.6 is 0 Å². The Kier molecular flexibility index (Phi) is 4.37. The summed E-state index contributed by atoms with van der Waals surface area (Å²) in [6.45, 7) is 7.02. The molecule has 0 radical (unpaired) electrons. The molecule has 1 heteroatoms. The lowest BCUT2D eigenvalue weighted by Gasteiger charge is -2.24. The van der Waals surface area contributed by atoms with E-state index in [0.717, 1.165) is 6.04 Å². The van der Waals surface area contributed by atoms with Crippen LogP contribution in [0.15, 0.2) is 12.2 Å². The van der Waals surface area contributed by atoms with Crippen LogP contribution in [0.2, 0.25) is 0 Å². The molecule has 70 valence electrons. The molecule has 1 aliphatic rings. The highest BCUT2D eigenvalue weighted by atomic mass is 15.2. The molecule has 0 saturated carbocycles. The summed E-state index contributed by atoms with van der Waals surface area (Å²) >= 11 is 0. The summed E-state index contributed by atoms with van der Waals surface area (Å²) < 4.78 is 0. The van der Waals surface area contributed by atoms with Crippen molar-refractivity contribution in [3.63, 3.8) is 0 Å². The Morgan fingerprint density at radius 1 is 1.33 bits per heavy atom. The van der Waals surface area contributed by atoms with Crippen LogP contribution in [-0.4, -0.2) is 24.0 Å². The van der Waals surface area contributed by atoms with Gasteiger partial charge in [0.1, 0.15) is 0 Å². The maximum atomic E-state index is 2.61. The molecule has 0 aromatic heterocycles. The summed E-state index contributed by atoms with van der Waals surface area (Å²) in [4.78, 5) is 2.61. The molecule has 1 unspecified atom stereocenters. The summed E-state index contributed by atoms with van der Waals surface area (Å²) in [5.41, 5.74) is 0. The Morgan fingerprint density at radius 2 is 2.00 bits per heavy atom. The van der Waals surface area contributed by atoms with E-state index in [9.17, 15) is 0 Å². The van der Waals surface area contributed by atoms with E-state index < -0.39 is 0 Å². The minimum atomic E-state index is 0.725. The quantitative estimate of drug-likeness (QED) is 0.582. The molecule has 0 aromatic carbocycles. The first-order valence-electron chi connectivity index (χ1n) is 5.25. The van der Waals surface area contributed by atoms with Crippen molar-refractivity contribution >= 4 is 0 Å². The first kappa shape index (κ1) is 9.79. The zero-order chi connectivity index (χ0) is 8.81. The van der Waals surface area contributed by atoms with Gasteiger partial charge in [0.15, 0.2) is 0 Å². The molecule has 0 spiro atoms. The van der Waals surface area contributed by atoms with Gasteiger partial charge in [-0.3, -0.25) is 4.90 Å². The van der Waals surface area contributed by atoms with Crippen molar-refractivity contribution in [1.82, 2.24) is 4.90 Å². The summed E-state index contributed by atoms with van der Waals surface area (Å²) in [6, 6.07) is 0.725. The smallest absolute Gasteiger partial charge is 0.0277 e. The fourth-order valence-electron chi connectivity index (χ4n) is 1.99. The molecule has 0 N–H and O–H groups in total. The third-order valence-corrected chi connectivity index (χ3v) is 2.61. The van der Waals surface area contributed by atoms with Crippen LogP contribution in [0.5, 0.6) is 0 Å². The molecule has 1 atom stereocenters. The van der Waals surface area contributed by atoms with Gasteiger partial charge in [0.2, 0.25) is 0 Å². The molecule has 1 aliphatic heterocycles. The molecule has 12 heavy (non-hydrogen) atoms. The van der Waals surface area contributed by atoms with Gasteiger partial charge in [0, 0.05) is 6.04 Å². The van der Waals surface area contributed by atoms with E-state index in [1.165, 1.54) is 38.8 Å². The normalized spacial score (nSPS) is 22.2. The van der Waals surface area contributed by atoms with Crippen LogP contribution in [0.3, 0.4) is 0 Å². The predicted molar refractivity (Wildman–Crippen MR) is 54.3 cm³/mol. The maximum Gasteiger partial charge on any atom is 0.0277 e. The Balaban J connectivity index is 2.39. The van der Waals surface area contributed by atoms with Gasteiger partial charge in [-0.2, -0.15) is 0 Å². The second-order valence-corrected chi connectivity index (χ2v) is 3.62. The topological polar surface area (TPSA) is 3.24 Å². The average Bonchev–Trinajstić information content (AvgIpc) is 2.56. The molecule has 0 aliphatic carbocycles. The minimum absolute atomic E-state index is 0.725.